The van der Waals surface area contributed by atoms with Crippen LogP contribution in [0.2, 0.25) is 0 Å². The van der Waals surface area contributed by atoms with Gasteiger partial charge in [0.1, 0.15) is 0 Å². The average molecular weight is 248 g/mol. The van der Waals surface area contributed by atoms with E-state index in [0.29, 0.717) is 6.54 Å². The highest BCUT2D eigenvalue weighted by Crippen LogP contribution is 2.26. The molecule has 0 amide bonds. The van der Waals surface area contributed by atoms with Gasteiger partial charge >= 0.3 is 0 Å². The number of rotatable bonds is 4. The number of pyridine rings is 1. The van der Waals surface area contributed by atoms with E-state index in [-0.39, 0.29) is 5.54 Å². The van der Waals surface area contributed by atoms with Crippen LogP contribution < -0.4 is 5.73 Å². The zero-order chi connectivity index (χ0) is 13.0. The highest BCUT2D eigenvalue weighted by atomic mass is 15.3. The minimum absolute atomic E-state index is 0.102. The first-order chi connectivity index (χ1) is 8.66. The predicted molar refractivity (Wildman–Crippen MR) is 74.2 cm³/mol. The summed E-state index contributed by atoms with van der Waals surface area (Å²) in [5, 5.41) is 0. The normalized spacial score (nSPS) is 25.6. The molecule has 0 spiro atoms. The second-order valence-electron chi connectivity index (χ2n) is 5.45. The molecular weight excluding hydrogens is 224 g/mol. The van der Waals surface area contributed by atoms with Gasteiger partial charge in [-0.3, -0.25) is 9.88 Å². The Balaban J connectivity index is 2.07. The lowest BCUT2D eigenvalue weighted by molar-refractivity contribution is 0.0388. The minimum atomic E-state index is 0.102. The maximum atomic E-state index is 6.07. The molecule has 0 radical (unpaired) electrons. The molecule has 100 valence electrons. The fourth-order valence-corrected chi connectivity index (χ4v) is 2.87. The van der Waals surface area contributed by atoms with Crippen molar-refractivity contribution >= 4 is 0 Å². The highest BCUT2D eigenvalue weighted by Gasteiger charge is 2.36. The van der Waals surface area contributed by atoms with Gasteiger partial charge in [0.25, 0.3) is 0 Å². The average Bonchev–Trinajstić information content (AvgIpc) is 2.39. The third kappa shape index (κ3) is 2.88. The van der Waals surface area contributed by atoms with E-state index >= 15 is 0 Å². The summed E-state index contributed by atoms with van der Waals surface area (Å²) < 4.78 is 0. The van der Waals surface area contributed by atoms with Crippen molar-refractivity contribution in [1.82, 2.24) is 14.8 Å². The quantitative estimate of drug-likeness (QED) is 0.861. The fourth-order valence-electron chi connectivity index (χ4n) is 2.87. The van der Waals surface area contributed by atoms with E-state index in [0.717, 1.165) is 18.8 Å². The van der Waals surface area contributed by atoms with Crippen LogP contribution in [0.3, 0.4) is 0 Å². The van der Waals surface area contributed by atoms with Crippen molar-refractivity contribution in [2.45, 2.75) is 24.9 Å². The SMILES string of the molecule is CN1CCCC(CN)(N(C)Cc2ccccn2)C1. The molecule has 1 unspecified atom stereocenters. The molecule has 0 bridgehead atoms. The van der Waals surface area contributed by atoms with Crippen molar-refractivity contribution in [2.24, 2.45) is 5.73 Å². The number of likely N-dealkylation sites (tertiary alicyclic amines) is 1. The van der Waals surface area contributed by atoms with Crippen molar-refractivity contribution in [2.75, 3.05) is 33.7 Å². The van der Waals surface area contributed by atoms with Crippen LogP contribution in [0.5, 0.6) is 0 Å². The summed E-state index contributed by atoms with van der Waals surface area (Å²) in [5.41, 5.74) is 7.28. The minimum Gasteiger partial charge on any atom is -0.329 e. The zero-order valence-electron chi connectivity index (χ0n) is 11.5. The molecule has 4 heteroatoms. The Morgan fingerprint density at radius 3 is 2.94 bits per heavy atom. The van der Waals surface area contributed by atoms with Gasteiger partial charge < -0.3 is 10.6 Å². The van der Waals surface area contributed by atoms with Crippen LogP contribution in [0.15, 0.2) is 24.4 Å². The van der Waals surface area contributed by atoms with Gasteiger partial charge in [-0.1, -0.05) is 6.07 Å². The Kier molecular flexibility index (Phi) is 4.32. The lowest BCUT2D eigenvalue weighted by atomic mass is 9.87. The molecule has 1 aromatic heterocycles. The van der Waals surface area contributed by atoms with Crippen LogP contribution in [0, 0.1) is 0 Å². The molecule has 1 aliphatic rings. The van der Waals surface area contributed by atoms with Crippen molar-refractivity contribution in [3.05, 3.63) is 30.1 Å². The van der Waals surface area contributed by atoms with E-state index in [1.54, 1.807) is 0 Å². The summed E-state index contributed by atoms with van der Waals surface area (Å²) in [7, 11) is 4.35. The van der Waals surface area contributed by atoms with Crippen molar-refractivity contribution in [1.29, 1.82) is 0 Å². The third-order valence-corrected chi connectivity index (χ3v) is 4.06. The topological polar surface area (TPSA) is 45.4 Å². The number of nitrogens with two attached hydrogens (primary N) is 1. The molecule has 2 rings (SSSR count). The summed E-state index contributed by atoms with van der Waals surface area (Å²) in [4.78, 5) is 9.16. The van der Waals surface area contributed by atoms with Gasteiger partial charge in [-0.05, 0) is 45.6 Å². The Bertz CT molecular complexity index is 367. The molecule has 4 nitrogen and oxygen atoms in total. The van der Waals surface area contributed by atoms with Gasteiger partial charge in [-0.15, -0.1) is 0 Å². The number of hydrogen-bond acceptors (Lipinski definition) is 4. The molecule has 18 heavy (non-hydrogen) atoms. The number of hydrogen-bond donors (Lipinski definition) is 1. The van der Waals surface area contributed by atoms with Gasteiger partial charge in [-0.25, -0.2) is 0 Å². The Labute approximate surface area is 110 Å². The van der Waals surface area contributed by atoms with Crippen LogP contribution in [0.1, 0.15) is 18.5 Å². The summed E-state index contributed by atoms with van der Waals surface area (Å²) in [6.07, 6.45) is 4.25. The number of aromatic nitrogens is 1. The maximum Gasteiger partial charge on any atom is 0.0544 e. The number of likely N-dealkylation sites (N-methyl/N-ethyl adjacent to an activating group) is 2. The second-order valence-corrected chi connectivity index (χ2v) is 5.45. The van der Waals surface area contributed by atoms with Crippen LogP contribution in [0.4, 0.5) is 0 Å². The van der Waals surface area contributed by atoms with Gasteiger partial charge in [0.15, 0.2) is 0 Å². The van der Waals surface area contributed by atoms with Gasteiger partial charge in [0.05, 0.1) is 5.69 Å². The van der Waals surface area contributed by atoms with Crippen LogP contribution in [-0.2, 0) is 6.54 Å². The van der Waals surface area contributed by atoms with E-state index in [2.05, 4.69) is 34.9 Å². The first-order valence-electron chi connectivity index (χ1n) is 6.66. The molecule has 1 fully saturated rings. The van der Waals surface area contributed by atoms with E-state index in [1.807, 2.05) is 18.3 Å². The molecule has 1 atom stereocenters. The first kappa shape index (κ1) is 13.5. The summed E-state index contributed by atoms with van der Waals surface area (Å²) in [6.45, 7) is 3.80. The first-order valence-corrected chi connectivity index (χ1v) is 6.66. The molecule has 1 aliphatic heterocycles. The van der Waals surface area contributed by atoms with E-state index in [9.17, 15) is 0 Å². The third-order valence-electron chi connectivity index (χ3n) is 4.06. The Morgan fingerprint density at radius 2 is 2.33 bits per heavy atom. The smallest absolute Gasteiger partial charge is 0.0544 e. The summed E-state index contributed by atoms with van der Waals surface area (Å²) >= 11 is 0. The lowest BCUT2D eigenvalue weighted by Crippen LogP contribution is -2.60. The van der Waals surface area contributed by atoms with Crippen LogP contribution in [0.25, 0.3) is 0 Å². The summed E-state index contributed by atoms with van der Waals surface area (Å²) in [6, 6.07) is 6.07. The molecule has 0 aliphatic carbocycles. The maximum absolute atomic E-state index is 6.07. The Morgan fingerprint density at radius 1 is 1.50 bits per heavy atom. The number of nitrogens with zero attached hydrogens (tertiary/aromatic N) is 3. The van der Waals surface area contributed by atoms with E-state index in [4.69, 9.17) is 5.73 Å². The van der Waals surface area contributed by atoms with Gasteiger partial charge in [-0.2, -0.15) is 0 Å². The highest BCUT2D eigenvalue weighted by molar-refractivity contribution is 5.05. The Hall–Kier alpha value is -0.970. The van der Waals surface area contributed by atoms with E-state index in [1.165, 1.54) is 19.4 Å². The molecule has 1 aromatic rings. The second kappa shape index (κ2) is 5.78. The van der Waals surface area contributed by atoms with Crippen molar-refractivity contribution in [3.63, 3.8) is 0 Å². The van der Waals surface area contributed by atoms with Crippen LogP contribution >= 0.6 is 0 Å². The lowest BCUT2D eigenvalue weighted by Gasteiger charge is -2.47. The monoisotopic (exact) mass is 248 g/mol. The largest absolute Gasteiger partial charge is 0.329 e. The molecule has 0 saturated carbocycles. The fraction of sp³-hybridized carbons (Fsp3) is 0.643. The zero-order valence-corrected chi connectivity index (χ0v) is 11.5. The summed E-state index contributed by atoms with van der Waals surface area (Å²) in [5.74, 6) is 0. The predicted octanol–water partition coefficient (Wildman–Crippen LogP) is 0.937. The van der Waals surface area contributed by atoms with Crippen molar-refractivity contribution in [3.8, 4) is 0 Å². The molecular formula is C14H24N4. The van der Waals surface area contributed by atoms with Crippen LogP contribution in [-0.4, -0.2) is 54.1 Å². The van der Waals surface area contributed by atoms with Gasteiger partial charge in [0.2, 0.25) is 0 Å². The standard InChI is InChI=1S/C14H24N4/c1-17-9-5-7-14(11-15,12-17)18(2)10-13-6-3-4-8-16-13/h3-4,6,8H,5,7,9-12,15H2,1-2H3. The molecule has 0 aromatic carbocycles. The van der Waals surface area contributed by atoms with Gasteiger partial charge in [0, 0.05) is 31.4 Å². The molecule has 1 saturated heterocycles. The van der Waals surface area contributed by atoms with Crippen molar-refractivity contribution < 1.29 is 0 Å². The number of piperidine rings is 1. The molecule has 2 heterocycles. The molecule has 2 N–H and O–H groups in total. The van der Waals surface area contributed by atoms with E-state index < -0.39 is 0 Å².